The van der Waals surface area contributed by atoms with Gasteiger partial charge in [0.05, 0.1) is 0 Å². The molecule has 0 heterocycles. The van der Waals surface area contributed by atoms with Crippen LogP contribution in [0.5, 0.6) is 0 Å². The van der Waals surface area contributed by atoms with Gasteiger partial charge in [-0.15, -0.1) is 0 Å². The van der Waals surface area contributed by atoms with E-state index in [9.17, 15) is 4.79 Å². The average molecular weight is 126 g/mol. The Bertz CT molecular complexity index is 107. The van der Waals surface area contributed by atoms with Gasteiger partial charge in [-0.05, 0) is 13.8 Å². The van der Waals surface area contributed by atoms with Gasteiger partial charge in [-0.1, -0.05) is 12.2 Å². The topological polar surface area (TPSA) is 29.1 Å². The van der Waals surface area contributed by atoms with Gasteiger partial charge in [0.25, 0.3) is 0 Å². The molecular weight excluding hydrogens is 114 g/mol. The van der Waals surface area contributed by atoms with Crippen LogP contribution in [0.3, 0.4) is 0 Å². The first-order chi connectivity index (χ1) is 4.31. The van der Waals surface area contributed by atoms with Crippen LogP contribution in [0.2, 0.25) is 0 Å². The van der Waals surface area contributed by atoms with Crippen LogP contribution < -0.4 is 5.32 Å². The Morgan fingerprint density at radius 3 is 2.89 bits per heavy atom. The van der Waals surface area contributed by atoms with Crippen molar-refractivity contribution in [2.75, 3.05) is 6.54 Å². The van der Waals surface area contributed by atoms with Crippen molar-refractivity contribution in [1.29, 1.82) is 0 Å². The Labute approximate surface area is 56.0 Å². The highest BCUT2D eigenvalue weighted by atomic mass is 16.1. The molecule has 9 heavy (non-hydrogen) atoms. The Hall–Kier alpha value is -0.790. The van der Waals surface area contributed by atoms with Crippen LogP contribution in [0.4, 0.5) is 0 Å². The van der Waals surface area contributed by atoms with E-state index in [1.54, 1.807) is 12.2 Å². The lowest BCUT2D eigenvalue weighted by Gasteiger charge is -1.95. The fraction of sp³-hybridized carbons (Fsp3) is 0.429. The van der Waals surface area contributed by atoms with Gasteiger partial charge in [-0.2, -0.15) is 0 Å². The van der Waals surface area contributed by atoms with Gasteiger partial charge in [0.2, 0.25) is 5.91 Å². The van der Waals surface area contributed by atoms with Crippen molar-refractivity contribution in [1.82, 2.24) is 5.32 Å². The fourth-order valence-corrected chi connectivity index (χ4v) is 0.460. The summed E-state index contributed by atoms with van der Waals surface area (Å²) in [6.45, 7) is 6.05. The van der Waals surface area contributed by atoms with E-state index in [1.165, 1.54) is 0 Å². The molecule has 1 amide bonds. The summed E-state index contributed by atoms with van der Waals surface area (Å²) in [5.74, 6) is 0.0531. The van der Waals surface area contributed by atoms with Crippen molar-refractivity contribution in [3.8, 4) is 0 Å². The van der Waals surface area contributed by atoms with Crippen molar-refractivity contribution < 1.29 is 4.79 Å². The molecule has 0 atom stereocenters. The van der Waals surface area contributed by atoms with Gasteiger partial charge in [0.1, 0.15) is 0 Å². The highest BCUT2D eigenvalue weighted by Crippen LogP contribution is 1.80. The van der Waals surface area contributed by atoms with Crippen molar-refractivity contribution in [3.05, 3.63) is 19.1 Å². The monoisotopic (exact) mass is 126 g/mol. The summed E-state index contributed by atoms with van der Waals surface area (Å²) in [7, 11) is 0. The van der Waals surface area contributed by atoms with E-state index >= 15 is 0 Å². The van der Waals surface area contributed by atoms with Gasteiger partial charge in [0, 0.05) is 13.0 Å². The molecule has 1 N–H and O–H groups in total. The van der Waals surface area contributed by atoms with E-state index in [-0.39, 0.29) is 5.91 Å². The first-order valence-electron chi connectivity index (χ1n) is 3.02. The summed E-state index contributed by atoms with van der Waals surface area (Å²) in [5.41, 5.74) is 0. The van der Waals surface area contributed by atoms with E-state index in [4.69, 9.17) is 0 Å². The smallest absolute Gasteiger partial charge is 0.223 e. The van der Waals surface area contributed by atoms with Crippen molar-refractivity contribution in [2.45, 2.75) is 13.3 Å². The molecule has 2 heteroatoms. The third kappa shape index (κ3) is 5.07. The van der Waals surface area contributed by atoms with Crippen LogP contribution in [-0.4, -0.2) is 12.5 Å². The standard InChI is InChI=1S/C7H12NO/c1-3-5-6-7(9)8-4-2/h3,5H,1,4,6H2,2H3,(H,8,9)/b5-3+. The summed E-state index contributed by atoms with van der Waals surface area (Å²) in [4.78, 5) is 10.6. The zero-order chi connectivity index (χ0) is 7.11. The molecular formula is C7H12NO. The van der Waals surface area contributed by atoms with Crippen LogP contribution in [0.15, 0.2) is 12.2 Å². The van der Waals surface area contributed by atoms with Gasteiger partial charge < -0.3 is 5.32 Å². The van der Waals surface area contributed by atoms with E-state index in [0.29, 0.717) is 13.0 Å². The maximum Gasteiger partial charge on any atom is 0.223 e. The van der Waals surface area contributed by atoms with E-state index in [1.807, 2.05) is 6.92 Å². The van der Waals surface area contributed by atoms with Gasteiger partial charge >= 0.3 is 0 Å². The molecule has 0 aliphatic carbocycles. The predicted molar refractivity (Wildman–Crippen MR) is 37.8 cm³/mol. The van der Waals surface area contributed by atoms with Gasteiger partial charge in [0.15, 0.2) is 0 Å². The van der Waals surface area contributed by atoms with Crippen LogP contribution in [0.1, 0.15) is 13.3 Å². The minimum absolute atomic E-state index is 0.0531. The highest BCUT2D eigenvalue weighted by Gasteiger charge is 1.91. The second kappa shape index (κ2) is 5.35. The molecule has 0 bridgehead atoms. The third-order valence-corrected chi connectivity index (χ3v) is 0.844. The number of amides is 1. The molecule has 2 nitrogen and oxygen atoms in total. The lowest BCUT2D eigenvalue weighted by molar-refractivity contribution is -0.120. The predicted octanol–water partition coefficient (Wildman–Crippen LogP) is 0.903. The molecule has 1 radical (unpaired) electrons. The number of carbonyl (C=O) groups is 1. The molecule has 0 rings (SSSR count). The van der Waals surface area contributed by atoms with Crippen molar-refractivity contribution in [3.63, 3.8) is 0 Å². The molecule has 0 aliphatic heterocycles. The molecule has 0 unspecified atom stereocenters. The number of nitrogens with one attached hydrogen (secondary N) is 1. The summed E-state index contributed by atoms with van der Waals surface area (Å²) in [6.07, 6.45) is 3.79. The van der Waals surface area contributed by atoms with Gasteiger partial charge in [-0.25, -0.2) is 0 Å². The van der Waals surface area contributed by atoms with E-state index in [2.05, 4.69) is 12.2 Å². The summed E-state index contributed by atoms with van der Waals surface area (Å²) in [6, 6.07) is 0. The zero-order valence-electron chi connectivity index (χ0n) is 5.68. The van der Waals surface area contributed by atoms with E-state index < -0.39 is 0 Å². The fourth-order valence-electron chi connectivity index (χ4n) is 0.460. The van der Waals surface area contributed by atoms with Crippen LogP contribution in [-0.2, 0) is 4.79 Å². The number of hydrogen-bond donors (Lipinski definition) is 1. The Morgan fingerprint density at radius 1 is 1.78 bits per heavy atom. The molecule has 0 spiro atoms. The number of allylic oxidation sites excluding steroid dienone is 1. The second-order valence-electron chi connectivity index (χ2n) is 1.63. The maximum atomic E-state index is 10.6. The summed E-state index contributed by atoms with van der Waals surface area (Å²) < 4.78 is 0. The Kier molecular flexibility index (Phi) is 4.88. The van der Waals surface area contributed by atoms with Gasteiger partial charge in [-0.3, -0.25) is 4.79 Å². The van der Waals surface area contributed by atoms with Crippen LogP contribution >= 0.6 is 0 Å². The first-order valence-corrected chi connectivity index (χ1v) is 3.02. The lowest BCUT2D eigenvalue weighted by atomic mass is 10.3. The molecule has 0 aromatic carbocycles. The third-order valence-electron chi connectivity index (χ3n) is 0.844. The largest absolute Gasteiger partial charge is 0.356 e. The normalized spacial score (nSPS) is 10.0. The van der Waals surface area contributed by atoms with Crippen molar-refractivity contribution in [2.24, 2.45) is 0 Å². The van der Waals surface area contributed by atoms with Crippen molar-refractivity contribution >= 4 is 5.91 Å². The van der Waals surface area contributed by atoms with E-state index in [0.717, 1.165) is 0 Å². The van der Waals surface area contributed by atoms with Crippen LogP contribution in [0.25, 0.3) is 0 Å². The molecule has 51 valence electrons. The summed E-state index contributed by atoms with van der Waals surface area (Å²) >= 11 is 0. The molecule has 0 saturated heterocycles. The van der Waals surface area contributed by atoms with Crippen LogP contribution in [0, 0.1) is 6.92 Å². The maximum absolute atomic E-state index is 10.6. The highest BCUT2D eigenvalue weighted by molar-refractivity contribution is 5.77. The average Bonchev–Trinajstić information content (AvgIpc) is 1.85. The minimum Gasteiger partial charge on any atom is -0.356 e. The Morgan fingerprint density at radius 2 is 2.44 bits per heavy atom. The Balaban J connectivity index is 3.27. The number of carbonyl (C=O) groups excluding carboxylic acids is 1. The minimum atomic E-state index is 0.0531. The zero-order valence-corrected chi connectivity index (χ0v) is 5.68. The number of rotatable bonds is 3. The lowest BCUT2D eigenvalue weighted by Crippen LogP contribution is -2.21. The quantitative estimate of drug-likeness (QED) is 0.598. The summed E-state index contributed by atoms with van der Waals surface area (Å²) in [5, 5.41) is 2.66. The number of hydrogen-bond acceptors (Lipinski definition) is 1. The first kappa shape index (κ1) is 8.21. The molecule has 0 aromatic heterocycles. The molecule has 0 fully saturated rings. The molecule has 0 aromatic rings. The second-order valence-corrected chi connectivity index (χ2v) is 1.63. The molecule has 0 aliphatic rings. The SMILES string of the molecule is [CH2]/C=C/CC(=O)NCC. The molecule has 0 saturated carbocycles.